The van der Waals surface area contributed by atoms with Crippen LogP contribution in [0.3, 0.4) is 0 Å². The average Bonchev–Trinajstić information content (AvgIpc) is 3.21. The maximum Gasteiger partial charge on any atom is 0.410 e. The molecule has 1 saturated heterocycles. The van der Waals surface area contributed by atoms with Gasteiger partial charge in [-0.1, -0.05) is 6.07 Å². The molecule has 8 nitrogen and oxygen atoms in total. The second kappa shape index (κ2) is 10.8. The van der Waals surface area contributed by atoms with E-state index in [0.717, 1.165) is 5.69 Å². The van der Waals surface area contributed by atoms with Crippen LogP contribution in [0.1, 0.15) is 62.0 Å². The minimum absolute atomic E-state index is 0.0193. The summed E-state index contributed by atoms with van der Waals surface area (Å²) in [6.07, 6.45) is 3.18. The summed E-state index contributed by atoms with van der Waals surface area (Å²) in [4.78, 5) is 27.1. The van der Waals surface area contributed by atoms with Gasteiger partial charge in [0.05, 0.1) is 23.1 Å². The lowest BCUT2D eigenvalue weighted by Gasteiger charge is -2.34. The van der Waals surface area contributed by atoms with Gasteiger partial charge in [-0.2, -0.15) is 5.10 Å². The van der Waals surface area contributed by atoms with Crippen LogP contribution in [-0.2, 0) is 9.47 Å². The Bertz CT molecular complexity index is 962. The molecule has 1 fully saturated rings. The van der Waals surface area contributed by atoms with Gasteiger partial charge in [0.2, 0.25) is 0 Å². The Morgan fingerprint density at radius 2 is 1.97 bits per heavy atom. The molecule has 180 valence electrons. The van der Waals surface area contributed by atoms with Crippen LogP contribution >= 0.6 is 0 Å². The Kier molecular flexibility index (Phi) is 8.07. The topological polar surface area (TPSA) is 85.7 Å². The molecule has 0 atom stereocenters. The van der Waals surface area contributed by atoms with Crippen LogP contribution in [0.4, 0.5) is 9.18 Å². The highest BCUT2D eigenvalue weighted by molar-refractivity contribution is 5.95. The molecule has 1 N–H and O–H groups in total. The van der Waals surface area contributed by atoms with E-state index in [-0.39, 0.29) is 23.7 Å². The fraction of sp³-hybridized carbons (Fsp3) is 0.542. The first-order valence-electron chi connectivity index (χ1n) is 11.3. The molecule has 0 unspecified atom stereocenters. The van der Waals surface area contributed by atoms with Gasteiger partial charge in [0.15, 0.2) is 0 Å². The molecule has 2 amide bonds. The Morgan fingerprint density at radius 1 is 1.24 bits per heavy atom. The van der Waals surface area contributed by atoms with E-state index >= 15 is 0 Å². The molecule has 1 aromatic carbocycles. The number of methoxy groups -OCH3 is 1. The van der Waals surface area contributed by atoms with E-state index < -0.39 is 5.60 Å². The molecular weight excluding hydrogens is 427 g/mol. The van der Waals surface area contributed by atoms with Gasteiger partial charge < -0.3 is 19.7 Å². The molecule has 33 heavy (non-hydrogen) atoms. The van der Waals surface area contributed by atoms with Gasteiger partial charge >= 0.3 is 6.09 Å². The van der Waals surface area contributed by atoms with E-state index in [9.17, 15) is 14.0 Å². The van der Waals surface area contributed by atoms with Crippen molar-refractivity contribution in [1.29, 1.82) is 0 Å². The first-order chi connectivity index (χ1) is 15.7. The van der Waals surface area contributed by atoms with Crippen LogP contribution in [-0.4, -0.2) is 65.6 Å². The monoisotopic (exact) mass is 460 g/mol. The number of nitrogens with zero attached hydrogens (tertiary/aromatic N) is 3. The molecule has 0 bridgehead atoms. The molecule has 1 aliphatic heterocycles. The highest BCUT2D eigenvalue weighted by Crippen LogP contribution is 2.33. The van der Waals surface area contributed by atoms with Crippen molar-refractivity contribution >= 4 is 12.0 Å². The lowest BCUT2D eigenvalue weighted by Crippen LogP contribution is -2.41. The van der Waals surface area contributed by atoms with Gasteiger partial charge in [-0.05, 0) is 58.2 Å². The number of carbonyl (C=O) groups is 2. The first-order valence-corrected chi connectivity index (χ1v) is 11.3. The molecular formula is C24H33FN4O4. The predicted molar refractivity (Wildman–Crippen MR) is 122 cm³/mol. The Balaban J connectivity index is 1.82. The SMILES string of the molecule is COCCCNC(=O)c1cnn(-c2cccc(F)c2)c1C1CCN(C(=O)OC(C)(C)C)CC1. The van der Waals surface area contributed by atoms with Gasteiger partial charge in [-0.3, -0.25) is 4.79 Å². The molecule has 2 aromatic rings. The van der Waals surface area contributed by atoms with Gasteiger partial charge in [0.25, 0.3) is 5.91 Å². The summed E-state index contributed by atoms with van der Waals surface area (Å²) in [6.45, 7) is 7.56. The van der Waals surface area contributed by atoms with E-state index in [2.05, 4.69) is 10.4 Å². The third kappa shape index (κ3) is 6.54. The van der Waals surface area contributed by atoms with Gasteiger partial charge in [-0.25, -0.2) is 13.9 Å². The highest BCUT2D eigenvalue weighted by Gasteiger charge is 2.32. The van der Waals surface area contributed by atoms with Gasteiger partial charge in [0, 0.05) is 39.3 Å². The molecule has 9 heteroatoms. The van der Waals surface area contributed by atoms with Gasteiger partial charge in [-0.15, -0.1) is 0 Å². The Hall–Kier alpha value is -2.94. The zero-order valence-corrected chi connectivity index (χ0v) is 19.8. The Labute approximate surface area is 194 Å². The molecule has 1 aromatic heterocycles. The smallest absolute Gasteiger partial charge is 0.410 e. The second-order valence-corrected chi connectivity index (χ2v) is 9.18. The van der Waals surface area contributed by atoms with Crippen molar-refractivity contribution in [1.82, 2.24) is 20.0 Å². The van der Waals surface area contributed by atoms with Crippen molar-refractivity contribution in [2.24, 2.45) is 0 Å². The van der Waals surface area contributed by atoms with Crippen molar-refractivity contribution in [3.8, 4) is 5.69 Å². The Morgan fingerprint density at radius 3 is 2.61 bits per heavy atom. The van der Waals surface area contributed by atoms with Crippen LogP contribution in [0, 0.1) is 5.82 Å². The van der Waals surface area contributed by atoms with Crippen molar-refractivity contribution in [2.75, 3.05) is 33.4 Å². The van der Waals surface area contributed by atoms with Crippen LogP contribution in [0.2, 0.25) is 0 Å². The number of halogens is 1. The lowest BCUT2D eigenvalue weighted by atomic mass is 9.91. The number of rotatable bonds is 7. The van der Waals surface area contributed by atoms with Crippen LogP contribution in [0.15, 0.2) is 30.5 Å². The van der Waals surface area contributed by atoms with Crippen molar-refractivity contribution in [2.45, 2.75) is 51.6 Å². The molecule has 0 aliphatic carbocycles. The molecule has 2 heterocycles. The summed E-state index contributed by atoms with van der Waals surface area (Å²) in [5, 5.41) is 7.34. The first kappa shape index (κ1) is 24.7. The summed E-state index contributed by atoms with van der Waals surface area (Å²) < 4.78 is 26.1. The molecule has 0 radical (unpaired) electrons. The second-order valence-electron chi connectivity index (χ2n) is 9.18. The number of nitrogens with one attached hydrogen (secondary N) is 1. The molecule has 3 rings (SSSR count). The highest BCUT2D eigenvalue weighted by atomic mass is 19.1. The normalized spacial score (nSPS) is 14.9. The largest absolute Gasteiger partial charge is 0.444 e. The molecule has 0 saturated carbocycles. The molecule has 0 spiro atoms. The van der Waals surface area contributed by atoms with E-state index in [1.165, 1.54) is 18.3 Å². The van der Waals surface area contributed by atoms with Crippen molar-refractivity contribution in [3.05, 3.63) is 47.5 Å². The third-order valence-electron chi connectivity index (χ3n) is 5.45. The minimum atomic E-state index is -0.558. The average molecular weight is 461 g/mol. The minimum Gasteiger partial charge on any atom is -0.444 e. The van der Waals surface area contributed by atoms with E-state index in [0.29, 0.717) is 56.8 Å². The predicted octanol–water partition coefficient (Wildman–Crippen LogP) is 3.89. The van der Waals surface area contributed by atoms with E-state index in [1.807, 2.05) is 20.8 Å². The number of amides is 2. The number of hydrogen-bond donors (Lipinski definition) is 1. The number of carbonyl (C=O) groups excluding carboxylic acids is 2. The van der Waals surface area contributed by atoms with Crippen LogP contribution in [0.25, 0.3) is 5.69 Å². The van der Waals surface area contributed by atoms with Gasteiger partial charge in [0.1, 0.15) is 11.4 Å². The quantitative estimate of drug-likeness (QED) is 0.634. The maximum absolute atomic E-state index is 13.9. The summed E-state index contributed by atoms with van der Waals surface area (Å²) in [5.41, 5.74) is 1.19. The summed E-state index contributed by atoms with van der Waals surface area (Å²) in [6, 6.07) is 6.14. The summed E-state index contributed by atoms with van der Waals surface area (Å²) >= 11 is 0. The summed E-state index contributed by atoms with van der Waals surface area (Å²) in [5.74, 6) is -0.619. The molecule has 1 aliphatic rings. The summed E-state index contributed by atoms with van der Waals surface area (Å²) in [7, 11) is 1.62. The fourth-order valence-electron chi connectivity index (χ4n) is 3.91. The number of benzene rings is 1. The number of likely N-dealkylation sites (tertiary alicyclic amines) is 1. The third-order valence-corrected chi connectivity index (χ3v) is 5.45. The number of piperidine rings is 1. The zero-order chi connectivity index (χ0) is 24.0. The van der Waals surface area contributed by atoms with E-state index in [1.54, 1.807) is 28.8 Å². The van der Waals surface area contributed by atoms with Crippen LogP contribution in [0.5, 0.6) is 0 Å². The number of hydrogen-bond acceptors (Lipinski definition) is 5. The zero-order valence-electron chi connectivity index (χ0n) is 19.8. The van der Waals surface area contributed by atoms with Crippen LogP contribution < -0.4 is 5.32 Å². The van der Waals surface area contributed by atoms with E-state index in [4.69, 9.17) is 9.47 Å². The van der Waals surface area contributed by atoms with Crippen molar-refractivity contribution < 1.29 is 23.5 Å². The maximum atomic E-state index is 13.9. The number of ether oxygens (including phenoxy) is 2. The number of aromatic nitrogens is 2. The van der Waals surface area contributed by atoms with Crippen molar-refractivity contribution in [3.63, 3.8) is 0 Å². The fourth-order valence-corrected chi connectivity index (χ4v) is 3.91. The standard InChI is InChI=1S/C24H33FN4O4/c1-24(2,3)33-23(31)28-12-9-17(10-13-28)21-20(22(30)26-11-6-14-32-4)16-27-29(21)19-8-5-7-18(25)15-19/h5,7-8,15-17H,6,9-14H2,1-4H3,(H,26,30). The lowest BCUT2D eigenvalue weighted by molar-refractivity contribution is 0.0203.